The number of hydrogen-bond acceptors (Lipinski definition) is 0. The molecule has 18 heavy (non-hydrogen) atoms. The second kappa shape index (κ2) is 4.37. The lowest BCUT2D eigenvalue weighted by Crippen LogP contribution is -2.44. The Morgan fingerprint density at radius 1 is 0.889 bits per heavy atom. The zero-order chi connectivity index (χ0) is 12.8. The molecule has 0 N–H and O–H groups in total. The minimum atomic E-state index is 0.493. The van der Waals surface area contributed by atoms with E-state index < -0.39 is 0 Å². The van der Waals surface area contributed by atoms with Gasteiger partial charge in [0.15, 0.2) is 0 Å². The van der Waals surface area contributed by atoms with Crippen LogP contribution in [-0.2, 0) is 5.41 Å². The standard InChI is InChI=1S/C17H23Br/c1-13(2)14-3-5-15(6-4-14)16-7-10-17(18,11-8-16)12-9-16/h3-6,13H,7-12H2,1-2H3. The van der Waals surface area contributed by atoms with E-state index in [1.54, 1.807) is 5.56 Å². The fourth-order valence-electron chi connectivity index (χ4n) is 3.79. The third-order valence-corrected chi connectivity index (χ3v) is 6.53. The van der Waals surface area contributed by atoms with Gasteiger partial charge in [0.1, 0.15) is 0 Å². The van der Waals surface area contributed by atoms with E-state index in [4.69, 9.17) is 0 Å². The lowest BCUT2D eigenvalue weighted by Gasteiger charge is -2.51. The predicted octanol–water partition coefficient (Wildman–Crippen LogP) is 5.55. The van der Waals surface area contributed by atoms with Crippen molar-refractivity contribution in [3.8, 4) is 0 Å². The summed E-state index contributed by atoms with van der Waals surface area (Å²) in [6.07, 6.45) is 8.20. The summed E-state index contributed by atoms with van der Waals surface area (Å²) in [4.78, 5) is 0. The molecule has 3 saturated carbocycles. The van der Waals surface area contributed by atoms with Crippen molar-refractivity contribution in [3.05, 3.63) is 35.4 Å². The molecule has 0 atom stereocenters. The molecule has 0 aromatic heterocycles. The minimum Gasteiger partial charge on any atom is -0.0853 e. The molecule has 0 amide bonds. The monoisotopic (exact) mass is 306 g/mol. The van der Waals surface area contributed by atoms with Crippen molar-refractivity contribution in [2.24, 2.45) is 0 Å². The summed E-state index contributed by atoms with van der Waals surface area (Å²) in [5.41, 5.74) is 3.57. The maximum absolute atomic E-state index is 3.96. The number of benzene rings is 1. The van der Waals surface area contributed by atoms with E-state index in [1.807, 2.05) is 0 Å². The summed E-state index contributed by atoms with van der Waals surface area (Å²) < 4.78 is 0.493. The van der Waals surface area contributed by atoms with E-state index in [1.165, 1.54) is 44.1 Å². The molecule has 0 heterocycles. The Labute approximate surface area is 119 Å². The lowest BCUT2D eigenvalue weighted by atomic mass is 9.58. The predicted molar refractivity (Wildman–Crippen MR) is 81.6 cm³/mol. The molecule has 0 spiro atoms. The number of halogens is 1. The van der Waals surface area contributed by atoms with Crippen LogP contribution in [0.25, 0.3) is 0 Å². The first kappa shape index (κ1) is 12.7. The molecule has 1 aromatic rings. The number of alkyl halides is 1. The molecule has 0 unspecified atom stereocenters. The van der Waals surface area contributed by atoms with Crippen LogP contribution in [0.1, 0.15) is 69.4 Å². The lowest BCUT2D eigenvalue weighted by molar-refractivity contribution is 0.162. The Balaban J connectivity index is 1.86. The molecular weight excluding hydrogens is 284 g/mol. The first-order valence-electron chi connectivity index (χ1n) is 7.33. The van der Waals surface area contributed by atoms with Crippen LogP contribution in [0.3, 0.4) is 0 Å². The fraction of sp³-hybridized carbons (Fsp3) is 0.647. The van der Waals surface area contributed by atoms with Crippen molar-refractivity contribution >= 4 is 15.9 Å². The quantitative estimate of drug-likeness (QED) is 0.628. The van der Waals surface area contributed by atoms with E-state index >= 15 is 0 Å². The van der Waals surface area contributed by atoms with Gasteiger partial charge in [-0.3, -0.25) is 0 Å². The molecule has 3 aliphatic rings. The van der Waals surface area contributed by atoms with Gasteiger partial charge in [-0.25, -0.2) is 0 Å². The van der Waals surface area contributed by atoms with E-state index in [0.717, 1.165) is 0 Å². The van der Waals surface area contributed by atoms with Crippen LogP contribution in [0.15, 0.2) is 24.3 Å². The average molecular weight is 307 g/mol. The van der Waals surface area contributed by atoms with Crippen LogP contribution >= 0.6 is 15.9 Å². The summed E-state index contributed by atoms with van der Waals surface area (Å²) in [5.74, 6) is 0.643. The molecule has 1 heteroatoms. The number of fused-ring (bicyclic) bond motifs is 3. The van der Waals surface area contributed by atoms with Gasteiger partial charge in [-0.2, -0.15) is 0 Å². The fourth-order valence-corrected chi connectivity index (χ4v) is 4.39. The first-order valence-corrected chi connectivity index (χ1v) is 8.12. The topological polar surface area (TPSA) is 0 Å². The third-order valence-electron chi connectivity index (χ3n) is 5.34. The molecule has 4 rings (SSSR count). The third kappa shape index (κ3) is 2.05. The minimum absolute atomic E-state index is 0.493. The number of rotatable bonds is 2. The second-order valence-corrected chi connectivity index (χ2v) is 8.39. The van der Waals surface area contributed by atoms with Crippen molar-refractivity contribution in [3.63, 3.8) is 0 Å². The highest BCUT2D eigenvalue weighted by Gasteiger charge is 2.47. The summed E-state index contributed by atoms with van der Waals surface area (Å²) in [6, 6.07) is 9.50. The van der Waals surface area contributed by atoms with Crippen LogP contribution in [0.2, 0.25) is 0 Å². The van der Waals surface area contributed by atoms with Gasteiger partial charge in [0.05, 0.1) is 0 Å². The molecule has 0 saturated heterocycles. The Morgan fingerprint density at radius 2 is 1.39 bits per heavy atom. The normalized spacial score (nSPS) is 35.1. The van der Waals surface area contributed by atoms with Gasteiger partial charge >= 0.3 is 0 Å². The van der Waals surface area contributed by atoms with Gasteiger partial charge < -0.3 is 0 Å². The van der Waals surface area contributed by atoms with Crippen LogP contribution in [0, 0.1) is 0 Å². The zero-order valence-corrected chi connectivity index (χ0v) is 13.1. The summed E-state index contributed by atoms with van der Waals surface area (Å²) in [6.45, 7) is 4.54. The molecule has 98 valence electrons. The number of hydrogen-bond donors (Lipinski definition) is 0. The second-order valence-electron chi connectivity index (χ2n) is 6.71. The molecule has 0 nitrogen and oxygen atoms in total. The van der Waals surface area contributed by atoms with Gasteiger partial charge in [0.2, 0.25) is 0 Å². The van der Waals surface area contributed by atoms with Crippen molar-refractivity contribution in [2.75, 3.05) is 0 Å². The summed E-state index contributed by atoms with van der Waals surface area (Å²) in [5, 5.41) is 0. The average Bonchev–Trinajstić information content (AvgIpc) is 2.40. The molecule has 3 fully saturated rings. The van der Waals surface area contributed by atoms with Gasteiger partial charge in [0, 0.05) is 4.32 Å². The van der Waals surface area contributed by atoms with Crippen molar-refractivity contribution < 1.29 is 0 Å². The molecule has 1 aromatic carbocycles. The zero-order valence-electron chi connectivity index (χ0n) is 11.5. The molecule has 0 aliphatic heterocycles. The highest BCUT2D eigenvalue weighted by atomic mass is 79.9. The van der Waals surface area contributed by atoms with E-state index in [0.29, 0.717) is 15.7 Å². The summed E-state index contributed by atoms with van der Waals surface area (Å²) >= 11 is 3.96. The molecule has 0 radical (unpaired) electrons. The molecule has 2 bridgehead atoms. The van der Waals surface area contributed by atoms with Crippen LogP contribution < -0.4 is 0 Å². The van der Waals surface area contributed by atoms with Crippen molar-refractivity contribution in [1.29, 1.82) is 0 Å². The van der Waals surface area contributed by atoms with Crippen molar-refractivity contribution in [1.82, 2.24) is 0 Å². The molecular formula is C17H23Br. The smallest absolute Gasteiger partial charge is 0.0259 e. The first-order chi connectivity index (χ1) is 8.53. The van der Waals surface area contributed by atoms with E-state index in [9.17, 15) is 0 Å². The van der Waals surface area contributed by atoms with Gasteiger partial charge in [-0.05, 0) is 61.0 Å². The Hall–Kier alpha value is -0.300. The van der Waals surface area contributed by atoms with Crippen molar-refractivity contribution in [2.45, 2.75) is 68.0 Å². The highest BCUT2D eigenvalue weighted by Crippen LogP contribution is 2.56. The van der Waals surface area contributed by atoms with Gasteiger partial charge in [-0.1, -0.05) is 54.0 Å². The van der Waals surface area contributed by atoms with Crippen LogP contribution in [0.5, 0.6) is 0 Å². The molecule has 3 aliphatic carbocycles. The van der Waals surface area contributed by atoms with Crippen LogP contribution in [0.4, 0.5) is 0 Å². The summed E-state index contributed by atoms with van der Waals surface area (Å²) in [7, 11) is 0. The van der Waals surface area contributed by atoms with Crippen LogP contribution in [-0.4, -0.2) is 4.32 Å². The van der Waals surface area contributed by atoms with E-state index in [2.05, 4.69) is 54.0 Å². The Morgan fingerprint density at radius 3 is 1.83 bits per heavy atom. The Bertz CT molecular complexity index is 405. The highest BCUT2D eigenvalue weighted by molar-refractivity contribution is 9.10. The van der Waals surface area contributed by atoms with Gasteiger partial charge in [-0.15, -0.1) is 0 Å². The maximum Gasteiger partial charge on any atom is 0.0259 e. The van der Waals surface area contributed by atoms with Gasteiger partial charge in [0.25, 0.3) is 0 Å². The largest absolute Gasteiger partial charge is 0.0853 e. The Kier molecular flexibility index (Phi) is 3.09. The van der Waals surface area contributed by atoms with E-state index in [-0.39, 0.29) is 0 Å². The SMILES string of the molecule is CC(C)c1ccc(C23CCC(Br)(CC2)CC3)cc1. The maximum atomic E-state index is 3.96.